The zero-order chi connectivity index (χ0) is 19.1. The van der Waals surface area contributed by atoms with E-state index in [1.165, 1.54) is 29.5 Å². The summed E-state index contributed by atoms with van der Waals surface area (Å²) in [6, 6.07) is 13.3. The molecular weight excluding hydrogens is 387 g/mol. The molecule has 2 heterocycles. The fourth-order valence-electron chi connectivity index (χ4n) is 3.04. The summed E-state index contributed by atoms with van der Waals surface area (Å²) in [6.45, 7) is 0.172. The van der Waals surface area contributed by atoms with Crippen molar-refractivity contribution < 1.29 is 9.18 Å². The fraction of sp³-hybridized carbons (Fsp3) is 0.100. The first-order valence-corrected chi connectivity index (χ1v) is 9.38. The molecule has 1 N–H and O–H groups in total. The van der Waals surface area contributed by atoms with Crippen LogP contribution in [0.2, 0.25) is 5.02 Å². The number of aromatic nitrogens is 1. The Bertz CT molecular complexity index is 1260. The quantitative estimate of drug-likeness (QED) is 0.551. The number of hydrogen-bond acceptors (Lipinski definition) is 3. The van der Waals surface area contributed by atoms with Crippen LogP contribution in [-0.4, -0.2) is 10.5 Å². The highest BCUT2D eigenvalue weighted by Gasteiger charge is 2.16. The number of thiophene rings is 1. The van der Waals surface area contributed by atoms with Crippen LogP contribution in [0.4, 0.5) is 4.39 Å². The Morgan fingerprint density at radius 1 is 1.19 bits per heavy atom. The number of para-hydroxylation sites is 1. The average molecular weight is 401 g/mol. The van der Waals surface area contributed by atoms with Crippen molar-refractivity contribution in [2.24, 2.45) is 7.05 Å². The number of nitrogens with one attached hydrogen (secondary N) is 1. The van der Waals surface area contributed by atoms with E-state index in [0.29, 0.717) is 15.8 Å². The molecule has 4 aromatic rings. The van der Waals surface area contributed by atoms with Crippen LogP contribution >= 0.6 is 22.9 Å². The third-order valence-electron chi connectivity index (χ3n) is 4.46. The molecule has 0 atom stereocenters. The number of carbonyl (C=O) groups excluding carboxylic acids is 1. The first-order chi connectivity index (χ1) is 13.0. The van der Waals surface area contributed by atoms with Gasteiger partial charge in [-0.3, -0.25) is 9.59 Å². The van der Waals surface area contributed by atoms with Gasteiger partial charge >= 0.3 is 0 Å². The molecule has 0 aliphatic carbocycles. The predicted octanol–water partition coefficient (Wildman–Crippen LogP) is 4.48. The highest BCUT2D eigenvalue weighted by molar-refractivity contribution is 7.21. The number of pyridine rings is 1. The first-order valence-electron chi connectivity index (χ1n) is 8.19. The van der Waals surface area contributed by atoms with E-state index in [-0.39, 0.29) is 23.0 Å². The number of hydrogen-bond donors (Lipinski definition) is 1. The van der Waals surface area contributed by atoms with Gasteiger partial charge in [-0.15, -0.1) is 11.3 Å². The summed E-state index contributed by atoms with van der Waals surface area (Å²) < 4.78 is 15.5. The summed E-state index contributed by atoms with van der Waals surface area (Å²) in [6.07, 6.45) is 0. The number of nitrogens with zero attached hydrogens (tertiary/aromatic N) is 1. The third-order valence-corrected chi connectivity index (χ3v) is 5.97. The second kappa shape index (κ2) is 6.79. The zero-order valence-corrected chi connectivity index (χ0v) is 15.8. The van der Waals surface area contributed by atoms with Gasteiger partial charge in [0.1, 0.15) is 5.82 Å². The Kier molecular flexibility index (Phi) is 4.45. The molecule has 0 bridgehead atoms. The molecule has 0 unspecified atom stereocenters. The van der Waals surface area contributed by atoms with E-state index >= 15 is 0 Å². The summed E-state index contributed by atoms with van der Waals surface area (Å²) in [5.41, 5.74) is 1.30. The molecular formula is C20H14ClFN2O2S. The van der Waals surface area contributed by atoms with Crippen LogP contribution in [0.5, 0.6) is 0 Å². The van der Waals surface area contributed by atoms with Crippen molar-refractivity contribution >= 4 is 49.8 Å². The molecule has 0 saturated heterocycles. The zero-order valence-electron chi connectivity index (χ0n) is 14.3. The van der Waals surface area contributed by atoms with Gasteiger partial charge in [-0.2, -0.15) is 0 Å². The van der Waals surface area contributed by atoms with Crippen molar-refractivity contribution in [3.05, 3.63) is 80.2 Å². The number of aryl methyl sites for hydroxylation is 1. The number of benzene rings is 2. The van der Waals surface area contributed by atoms with E-state index in [1.807, 2.05) is 24.3 Å². The smallest absolute Gasteiger partial charge is 0.261 e. The fourth-order valence-corrected chi connectivity index (χ4v) is 4.37. The van der Waals surface area contributed by atoms with Crippen molar-refractivity contribution in [3.8, 4) is 0 Å². The normalized spacial score (nSPS) is 11.2. The van der Waals surface area contributed by atoms with E-state index < -0.39 is 5.82 Å². The van der Waals surface area contributed by atoms with Crippen molar-refractivity contribution in [2.45, 2.75) is 6.54 Å². The van der Waals surface area contributed by atoms with Crippen molar-refractivity contribution in [2.75, 3.05) is 0 Å². The van der Waals surface area contributed by atoms with Gasteiger partial charge in [0, 0.05) is 28.7 Å². The number of amides is 1. The standard InChI is InChI=1S/C20H14ClFN2O2S/c1-24-16-5-3-2-4-13(16)18-14(20(24)26)9-17(27-18)19(25)23-10-11-6-7-12(22)8-15(11)21/h2-9H,10H2,1H3,(H,23,25). The molecule has 27 heavy (non-hydrogen) atoms. The second-order valence-electron chi connectivity index (χ2n) is 6.15. The van der Waals surface area contributed by atoms with Gasteiger partial charge in [0.2, 0.25) is 0 Å². The highest BCUT2D eigenvalue weighted by atomic mass is 35.5. The van der Waals surface area contributed by atoms with Gasteiger partial charge in [-0.05, 0) is 29.8 Å². The summed E-state index contributed by atoms with van der Waals surface area (Å²) in [4.78, 5) is 25.6. The van der Waals surface area contributed by atoms with E-state index in [1.54, 1.807) is 17.7 Å². The molecule has 0 saturated carbocycles. The average Bonchev–Trinajstić information content (AvgIpc) is 3.11. The summed E-state index contributed by atoms with van der Waals surface area (Å²) in [7, 11) is 1.72. The van der Waals surface area contributed by atoms with Gasteiger partial charge in [-0.25, -0.2) is 4.39 Å². The molecule has 0 aliphatic heterocycles. The SMILES string of the molecule is Cn1c(=O)c2cc(C(=O)NCc3ccc(F)cc3Cl)sc2c2ccccc21. The number of rotatable bonds is 3. The Hall–Kier alpha value is -2.70. The van der Waals surface area contributed by atoms with Crippen LogP contribution in [-0.2, 0) is 13.6 Å². The van der Waals surface area contributed by atoms with Crippen LogP contribution in [0.1, 0.15) is 15.2 Å². The van der Waals surface area contributed by atoms with Gasteiger partial charge < -0.3 is 9.88 Å². The number of carbonyl (C=O) groups is 1. The maximum atomic E-state index is 13.1. The third kappa shape index (κ3) is 3.11. The molecule has 4 nitrogen and oxygen atoms in total. The monoisotopic (exact) mass is 400 g/mol. The van der Waals surface area contributed by atoms with E-state index in [9.17, 15) is 14.0 Å². The molecule has 2 aromatic carbocycles. The lowest BCUT2D eigenvalue weighted by Gasteiger charge is -2.06. The Morgan fingerprint density at radius 2 is 1.96 bits per heavy atom. The maximum absolute atomic E-state index is 13.1. The molecule has 7 heteroatoms. The van der Waals surface area contributed by atoms with Crippen LogP contribution in [0, 0.1) is 5.82 Å². The van der Waals surface area contributed by atoms with Gasteiger partial charge in [0.25, 0.3) is 11.5 Å². The molecule has 0 radical (unpaired) electrons. The van der Waals surface area contributed by atoms with Gasteiger partial charge in [0.05, 0.1) is 15.8 Å². The molecule has 2 aromatic heterocycles. The van der Waals surface area contributed by atoms with Crippen molar-refractivity contribution in [1.82, 2.24) is 9.88 Å². The predicted molar refractivity (Wildman–Crippen MR) is 107 cm³/mol. The molecule has 0 aliphatic rings. The lowest BCUT2D eigenvalue weighted by atomic mass is 10.1. The second-order valence-corrected chi connectivity index (χ2v) is 7.61. The van der Waals surface area contributed by atoms with Crippen molar-refractivity contribution in [1.29, 1.82) is 0 Å². The van der Waals surface area contributed by atoms with E-state index in [4.69, 9.17) is 11.6 Å². The lowest BCUT2D eigenvalue weighted by molar-refractivity contribution is 0.0955. The van der Waals surface area contributed by atoms with Crippen LogP contribution in [0.25, 0.3) is 21.0 Å². The van der Waals surface area contributed by atoms with Gasteiger partial charge in [-0.1, -0.05) is 35.9 Å². The Morgan fingerprint density at radius 3 is 2.74 bits per heavy atom. The molecule has 1 amide bonds. The molecule has 0 spiro atoms. The minimum atomic E-state index is -0.428. The minimum absolute atomic E-state index is 0.138. The molecule has 136 valence electrons. The Balaban J connectivity index is 1.69. The number of halogens is 2. The van der Waals surface area contributed by atoms with Gasteiger partial charge in [0.15, 0.2) is 0 Å². The minimum Gasteiger partial charge on any atom is -0.347 e. The maximum Gasteiger partial charge on any atom is 0.261 e. The summed E-state index contributed by atoms with van der Waals surface area (Å²) in [5, 5.41) is 4.48. The summed E-state index contributed by atoms with van der Waals surface area (Å²) in [5.74, 6) is -0.731. The van der Waals surface area contributed by atoms with Crippen LogP contribution < -0.4 is 10.9 Å². The largest absolute Gasteiger partial charge is 0.347 e. The number of fused-ring (bicyclic) bond motifs is 3. The Labute approximate surface area is 162 Å². The van der Waals surface area contributed by atoms with E-state index in [0.717, 1.165) is 15.6 Å². The molecule has 4 rings (SSSR count). The highest BCUT2D eigenvalue weighted by Crippen LogP contribution is 2.30. The summed E-state index contributed by atoms with van der Waals surface area (Å²) >= 11 is 7.28. The topological polar surface area (TPSA) is 51.1 Å². The molecule has 0 fully saturated rings. The van der Waals surface area contributed by atoms with Crippen LogP contribution in [0.15, 0.2) is 53.3 Å². The van der Waals surface area contributed by atoms with Crippen LogP contribution in [0.3, 0.4) is 0 Å². The van der Waals surface area contributed by atoms with Crippen molar-refractivity contribution in [3.63, 3.8) is 0 Å². The van der Waals surface area contributed by atoms with E-state index in [2.05, 4.69) is 5.32 Å². The lowest BCUT2D eigenvalue weighted by Crippen LogP contribution is -2.22. The first kappa shape index (κ1) is 17.7.